The largest absolute Gasteiger partial charge is 1.00 e. The molecule has 0 saturated heterocycles. The first-order valence-electron chi connectivity index (χ1n) is 10.6. The van der Waals surface area contributed by atoms with E-state index in [1.807, 2.05) is 0 Å². The zero-order chi connectivity index (χ0) is 21.6. The number of unbranched alkanes of at least 4 members (excludes halogenated alkanes) is 10. The molecule has 2 atom stereocenters. The molecule has 0 amide bonds. The molecular formula is C20H38Na2O7S+2. The van der Waals surface area contributed by atoms with Crippen LogP contribution >= 0.6 is 0 Å². The van der Waals surface area contributed by atoms with Crippen molar-refractivity contribution in [3.8, 4) is 0 Å². The van der Waals surface area contributed by atoms with Crippen molar-refractivity contribution in [2.45, 2.75) is 108 Å². The molecule has 166 valence electrons. The Morgan fingerprint density at radius 2 is 1.17 bits per heavy atom. The van der Waals surface area contributed by atoms with Crippen LogP contribution in [0.4, 0.5) is 0 Å². The van der Waals surface area contributed by atoms with Gasteiger partial charge in [0.05, 0.1) is 5.92 Å². The molecule has 7 nitrogen and oxygen atoms in total. The Bertz CT molecular complexity index is 570. The van der Waals surface area contributed by atoms with E-state index in [0.29, 0.717) is 19.3 Å². The van der Waals surface area contributed by atoms with Gasteiger partial charge in [0.25, 0.3) is 10.1 Å². The molecule has 0 aromatic rings. The molecular weight excluding hydrogens is 430 g/mol. The number of hydrogen-bond acceptors (Lipinski definition) is 4. The first-order valence-corrected chi connectivity index (χ1v) is 12.0. The molecule has 3 N–H and O–H groups in total. The number of carbonyl (C=O) groups is 2. The fourth-order valence-electron chi connectivity index (χ4n) is 3.70. The third-order valence-corrected chi connectivity index (χ3v) is 7.02. The van der Waals surface area contributed by atoms with Gasteiger partial charge in [0.2, 0.25) is 4.75 Å². The van der Waals surface area contributed by atoms with Crippen molar-refractivity contribution in [1.82, 2.24) is 0 Å². The second-order valence-corrected chi connectivity index (χ2v) is 9.31. The van der Waals surface area contributed by atoms with E-state index in [-0.39, 0.29) is 78.4 Å². The molecule has 0 bridgehead atoms. The summed E-state index contributed by atoms with van der Waals surface area (Å²) in [5.74, 6) is -4.93. The Hall–Kier alpha value is 0.850. The van der Waals surface area contributed by atoms with Gasteiger partial charge in [-0.1, -0.05) is 90.9 Å². The van der Waals surface area contributed by atoms with E-state index in [0.717, 1.165) is 51.4 Å². The van der Waals surface area contributed by atoms with Crippen molar-refractivity contribution >= 4 is 22.1 Å². The van der Waals surface area contributed by atoms with Crippen LogP contribution in [0.25, 0.3) is 0 Å². The average Bonchev–Trinajstić information content (AvgIpc) is 2.60. The van der Waals surface area contributed by atoms with E-state index in [1.54, 1.807) is 0 Å². The molecule has 10 heteroatoms. The molecule has 2 unspecified atom stereocenters. The molecule has 0 aromatic carbocycles. The van der Waals surface area contributed by atoms with Gasteiger partial charge in [-0.15, -0.1) is 0 Å². The molecule has 0 aliphatic carbocycles. The quantitative estimate of drug-likeness (QED) is 0.132. The molecule has 0 heterocycles. The molecule has 0 fully saturated rings. The first-order chi connectivity index (χ1) is 13.1. The van der Waals surface area contributed by atoms with Crippen molar-refractivity contribution < 1.29 is 91.9 Å². The maximum Gasteiger partial charge on any atom is 1.00 e. The second kappa shape index (κ2) is 19.3. The van der Waals surface area contributed by atoms with Gasteiger partial charge in [-0.2, -0.15) is 8.42 Å². The minimum Gasteiger partial charge on any atom is -0.481 e. The number of hydrogen-bond donors (Lipinski definition) is 3. The number of carboxylic acids is 2. The molecule has 0 aromatic heterocycles. The van der Waals surface area contributed by atoms with Crippen molar-refractivity contribution in [2.24, 2.45) is 5.92 Å². The number of aliphatic carboxylic acids is 2. The molecule has 0 radical (unpaired) electrons. The Morgan fingerprint density at radius 1 is 0.767 bits per heavy atom. The minimum absolute atomic E-state index is 0. The summed E-state index contributed by atoms with van der Waals surface area (Å²) >= 11 is 0. The van der Waals surface area contributed by atoms with Crippen LogP contribution in [0.15, 0.2) is 0 Å². The summed E-state index contributed by atoms with van der Waals surface area (Å²) in [4.78, 5) is 23.8. The monoisotopic (exact) mass is 468 g/mol. The van der Waals surface area contributed by atoms with Crippen molar-refractivity contribution in [3.05, 3.63) is 0 Å². The number of rotatable bonds is 18. The summed E-state index contributed by atoms with van der Waals surface area (Å²) in [6, 6.07) is 0. The van der Waals surface area contributed by atoms with Crippen LogP contribution in [-0.4, -0.2) is 39.9 Å². The van der Waals surface area contributed by atoms with E-state index in [9.17, 15) is 32.8 Å². The standard InChI is InChI=1S/C20H38O7S.2Na/c1-3-5-7-9-11-13-15-17(18(21)22)20(19(23)24,28(25,26)27)16-14-12-10-8-6-4-2;;/h17H,3-16H2,1-2H3,(H,21,22)(H,23,24)(H,25,26,27);;/q;2*+1. The van der Waals surface area contributed by atoms with Gasteiger partial charge >= 0.3 is 71.1 Å². The van der Waals surface area contributed by atoms with Crippen LogP contribution in [0.1, 0.15) is 104 Å². The Labute approximate surface area is 226 Å². The average molecular weight is 469 g/mol. The van der Waals surface area contributed by atoms with Gasteiger partial charge in [0.1, 0.15) is 0 Å². The molecule has 0 aliphatic rings. The summed E-state index contributed by atoms with van der Waals surface area (Å²) < 4.78 is 31.3. The second-order valence-electron chi connectivity index (χ2n) is 7.63. The van der Waals surface area contributed by atoms with Gasteiger partial charge in [-0.25, -0.2) is 0 Å². The van der Waals surface area contributed by atoms with Crippen LogP contribution < -0.4 is 59.1 Å². The van der Waals surface area contributed by atoms with Crippen molar-refractivity contribution in [3.63, 3.8) is 0 Å². The van der Waals surface area contributed by atoms with E-state index in [1.165, 1.54) is 0 Å². The summed E-state index contributed by atoms with van der Waals surface area (Å²) in [6.45, 7) is 4.14. The Balaban J connectivity index is -0.00000364. The number of carboxylic acid groups (broad SMARTS) is 2. The normalized spacial score (nSPS) is 14.1. The van der Waals surface area contributed by atoms with E-state index >= 15 is 0 Å². The maximum absolute atomic E-state index is 12.1. The van der Waals surface area contributed by atoms with Crippen LogP contribution in [0, 0.1) is 5.92 Å². The van der Waals surface area contributed by atoms with E-state index in [4.69, 9.17) is 0 Å². The summed E-state index contributed by atoms with van der Waals surface area (Å²) in [6.07, 6.45) is 9.43. The molecule has 0 aliphatic heterocycles. The zero-order valence-corrected chi connectivity index (χ0v) is 24.2. The van der Waals surface area contributed by atoms with Crippen molar-refractivity contribution in [2.75, 3.05) is 0 Å². The fourth-order valence-corrected chi connectivity index (χ4v) is 4.90. The van der Waals surface area contributed by atoms with Crippen LogP contribution in [0.5, 0.6) is 0 Å². The van der Waals surface area contributed by atoms with Gasteiger partial charge < -0.3 is 10.2 Å². The summed E-state index contributed by atoms with van der Waals surface area (Å²) in [7, 11) is -5.10. The molecule has 0 saturated carbocycles. The van der Waals surface area contributed by atoms with E-state index < -0.39 is 32.7 Å². The maximum atomic E-state index is 12.1. The topological polar surface area (TPSA) is 129 Å². The van der Waals surface area contributed by atoms with Crippen LogP contribution in [0.3, 0.4) is 0 Å². The van der Waals surface area contributed by atoms with Gasteiger partial charge in [0.15, 0.2) is 0 Å². The predicted octanol–water partition coefficient (Wildman–Crippen LogP) is -1.09. The predicted molar refractivity (Wildman–Crippen MR) is 109 cm³/mol. The summed E-state index contributed by atoms with van der Waals surface area (Å²) in [5.41, 5.74) is 0. The first kappa shape index (κ1) is 35.4. The van der Waals surface area contributed by atoms with Gasteiger partial charge in [0, 0.05) is 0 Å². The third-order valence-electron chi connectivity index (χ3n) is 5.43. The van der Waals surface area contributed by atoms with Crippen LogP contribution in [-0.2, 0) is 19.7 Å². The fraction of sp³-hybridized carbons (Fsp3) is 0.900. The Morgan fingerprint density at radius 3 is 1.53 bits per heavy atom. The van der Waals surface area contributed by atoms with E-state index in [2.05, 4.69) is 13.8 Å². The van der Waals surface area contributed by atoms with Gasteiger partial charge in [-0.05, 0) is 12.8 Å². The minimum atomic E-state index is -5.10. The van der Waals surface area contributed by atoms with Crippen LogP contribution in [0.2, 0.25) is 0 Å². The molecule has 0 spiro atoms. The summed E-state index contributed by atoms with van der Waals surface area (Å²) in [5, 5.41) is 19.3. The van der Waals surface area contributed by atoms with Crippen molar-refractivity contribution in [1.29, 1.82) is 0 Å². The SMILES string of the molecule is CCCCCCCCC(C(=O)O)C(CCCCCCCC)(C(=O)O)S(=O)(=O)O.[Na+].[Na+]. The Kier molecular flexibility index (Phi) is 22.8. The smallest absolute Gasteiger partial charge is 0.481 e. The molecule has 0 rings (SSSR count). The van der Waals surface area contributed by atoms with Gasteiger partial charge in [-0.3, -0.25) is 14.1 Å². The zero-order valence-electron chi connectivity index (χ0n) is 19.4. The molecule has 30 heavy (non-hydrogen) atoms. The third kappa shape index (κ3) is 12.2.